The Morgan fingerprint density at radius 1 is 1.33 bits per heavy atom. The van der Waals surface area contributed by atoms with E-state index < -0.39 is 5.91 Å². The number of nitrogens with one attached hydrogen (secondary N) is 1. The molecule has 0 radical (unpaired) electrons. The predicted molar refractivity (Wildman–Crippen MR) is 103 cm³/mol. The molecule has 0 fully saturated rings. The topological polar surface area (TPSA) is 116 Å². The van der Waals surface area contributed by atoms with Crippen LogP contribution in [0.5, 0.6) is 0 Å². The number of furan rings is 1. The van der Waals surface area contributed by atoms with Gasteiger partial charge in [-0.3, -0.25) is 14.2 Å². The van der Waals surface area contributed by atoms with Crippen molar-refractivity contribution in [1.82, 2.24) is 20.1 Å². The maximum absolute atomic E-state index is 12.3. The van der Waals surface area contributed by atoms with Crippen molar-refractivity contribution in [2.45, 2.75) is 57.0 Å². The van der Waals surface area contributed by atoms with Crippen LogP contribution in [-0.4, -0.2) is 38.4 Å². The third-order valence-corrected chi connectivity index (χ3v) is 5.04. The van der Waals surface area contributed by atoms with Crippen LogP contribution in [0.1, 0.15) is 45.2 Å². The van der Waals surface area contributed by atoms with Gasteiger partial charge in [0.15, 0.2) is 5.16 Å². The smallest absolute Gasteiger partial charge is 0.233 e. The van der Waals surface area contributed by atoms with Gasteiger partial charge in [0.1, 0.15) is 11.6 Å². The first-order valence-electron chi connectivity index (χ1n) is 9.04. The van der Waals surface area contributed by atoms with Gasteiger partial charge in [0, 0.05) is 19.4 Å². The largest absolute Gasteiger partial charge is 0.467 e. The molecule has 8 nitrogen and oxygen atoms in total. The minimum atomic E-state index is -0.394. The summed E-state index contributed by atoms with van der Waals surface area (Å²) in [6, 6.07) is 3.66. The number of hydrogen-bond acceptors (Lipinski definition) is 6. The van der Waals surface area contributed by atoms with Crippen LogP contribution in [0.25, 0.3) is 0 Å². The van der Waals surface area contributed by atoms with Gasteiger partial charge in [0.05, 0.1) is 18.1 Å². The molecule has 3 N–H and O–H groups in total. The highest BCUT2D eigenvalue weighted by Gasteiger charge is 2.21. The Labute approximate surface area is 163 Å². The van der Waals surface area contributed by atoms with Gasteiger partial charge < -0.3 is 15.5 Å². The second-order valence-corrected chi connectivity index (χ2v) is 8.07. The van der Waals surface area contributed by atoms with Crippen LogP contribution in [0, 0.1) is 5.92 Å². The molecule has 0 saturated carbocycles. The van der Waals surface area contributed by atoms with Gasteiger partial charge in [-0.1, -0.05) is 25.6 Å². The number of aryl methyl sites for hydroxylation is 1. The molecule has 2 aromatic heterocycles. The lowest BCUT2D eigenvalue weighted by Gasteiger charge is -2.13. The zero-order valence-corrected chi connectivity index (χ0v) is 16.8. The Hall–Kier alpha value is -2.29. The Balaban J connectivity index is 2.07. The molecule has 148 valence electrons. The first kappa shape index (κ1) is 21.0. The van der Waals surface area contributed by atoms with Gasteiger partial charge in [0.25, 0.3) is 0 Å². The van der Waals surface area contributed by atoms with E-state index in [4.69, 9.17) is 10.2 Å². The van der Waals surface area contributed by atoms with E-state index in [1.807, 2.05) is 17.6 Å². The molecule has 2 aromatic rings. The van der Waals surface area contributed by atoms with Crippen molar-refractivity contribution >= 4 is 23.6 Å². The molecule has 0 aromatic carbocycles. The summed E-state index contributed by atoms with van der Waals surface area (Å²) >= 11 is 1.33. The number of carbonyl (C=O) groups is 2. The van der Waals surface area contributed by atoms with Crippen LogP contribution in [0.3, 0.4) is 0 Å². The summed E-state index contributed by atoms with van der Waals surface area (Å²) in [4.78, 5) is 23.4. The fourth-order valence-corrected chi connectivity index (χ4v) is 3.27. The lowest BCUT2D eigenvalue weighted by molar-refractivity contribution is -0.120. The standard InChI is InChI=1S/C18H27N5O3S/c1-12(2)8-9-20-17(25)13(3)27-18-22-21-16(7-6-15(19)24)23(18)11-14-5-4-10-26-14/h4-5,10,12-13H,6-9,11H2,1-3H3,(H2,19,24)(H,20,25). The predicted octanol–water partition coefficient (Wildman–Crippen LogP) is 1.98. The van der Waals surface area contributed by atoms with E-state index in [-0.39, 0.29) is 17.6 Å². The van der Waals surface area contributed by atoms with E-state index in [0.29, 0.717) is 36.4 Å². The molecule has 1 unspecified atom stereocenters. The molecule has 2 amide bonds. The van der Waals surface area contributed by atoms with Crippen LogP contribution < -0.4 is 11.1 Å². The van der Waals surface area contributed by atoms with Crippen LogP contribution in [0.4, 0.5) is 0 Å². The monoisotopic (exact) mass is 393 g/mol. The Morgan fingerprint density at radius 2 is 2.11 bits per heavy atom. The first-order chi connectivity index (χ1) is 12.9. The SMILES string of the molecule is CC(C)CCNC(=O)C(C)Sc1nnc(CCC(N)=O)n1Cc1ccco1. The van der Waals surface area contributed by atoms with Crippen LogP contribution in [0.2, 0.25) is 0 Å². The third kappa shape index (κ3) is 6.74. The van der Waals surface area contributed by atoms with Gasteiger partial charge in [0.2, 0.25) is 11.8 Å². The second-order valence-electron chi connectivity index (χ2n) is 6.76. The summed E-state index contributed by atoms with van der Waals surface area (Å²) in [5.41, 5.74) is 5.25. The molecule has 9 heteroatoms. The molecule has 0 spiro atoms. The number of amides is 2. The lowest BCUT2D eigenvalue weighted by atomic mass is 10.1. The number of hydrogen-bond donors (Lipinski definition) is 2. The summed E-state index contributed by atoms with van der Waals surface area (Å²) in [5, 5.41) is 11.6. The Morgan fingerprint density at radius 3 is 2.74 bits per heavy atom. The van der Waals surface area contributed by atoms with E-state index in [0.717, 1.165) is 12.2 Å². The van der Waals surface area contributed by atoms with E-state index >= 15 is 0 Å². The van der Waals surface area contributed by atoms with Crippen molar-refractivity contribution in [2.75, 3.05) is 6.54 Å². The molecule has 0 aliphatic rings. The molecule has 27 heavy (non-hydrogen) atoms. The van der Waals surface area contributed by atoms with Gasteiger partial charge in [-0.05, 0) is 31.4 Å². The average molecular weight is 394 g/mol. The van der Waals surface area contributed by atoms with Crippen LogP contribution in [0.15, 0.2) is 28.0 Å². The van der Waals surface area contributed by atoms with Gasteiger partial charge in [-0.15, -0.1) is 10.2 Å². The summed E-state index contributed by atoms with van der Waals surface area (Å²) in [7, 11) is 0. The fraction of sp³-hybridized carbons (Fsp3) is 0.556. The number of primary amides is 1. The molecule has 0 aliphatic carbocycles. The molecular formula is C18H27N5O3S. The highest BCUT2D eigenvalue weighted by atomic mass is 32.2. The lowest BCUT2D eigenvalue weighted by Crippen LogP contribution is -2.32. The third-order valence-electron chi connectivity index (χ3n) is 3.95. The minimum absolute atomic E-state index is 0.0353. The zero-order valence-electron chi connectivity index (χ0n) is 16.0. The van der Waals surface area contributed by atoms with Gasteiger partial charge in [-0.2, -0.15) is 0 Å². The van der Waals surface area contributed by atoms with Crippen molar-refractivity contribution in [1.29, 1.82) is 0 Å². The number of nitrogens with zero attached hydrogens (tertiary/aromatic N) is 3. The zero-order chi connectivity index (χ0) is 19.8. The maximum Gasteiger partial charge on any atom is 0.233 e. The van der Waals surface area contributed by atoms with E-state index in [9.17, 15) is 9.59 Å². The van der Waals surface area contributed by atoms with Crippen molar-refractivity contribution in [3.8, 4) is 0 Å². The van der Waals surface area contributed by atoms with E-state index in [1.165, 1.54) is 11.8 Å². The Bertz CT molecular complexity index is 742. The molecule has 1 atom stereocenters. The van der Waals surface area contributed by atoms with Crippen LogP contribution in [-0.2, 0) is 22.6 Å². The average Bonchev–Trinajstić information content (AvgIpc) is 3.24. The van der Waals surface area contributed by atoms with Gasteiger partial charge >= 0.3 is 0 Å². The summed E-state index contributed by atoms with van der Waals surface area (Å²) in [5.74, 6) is 1.49. The summed E-state index contributed by atoms with van der Waals surface area (Å²) in [6.45, 7) is 7.16. The molecule has 2 rings (SSSR count). The van der Waals surface area contributed by atoms with Crippen molar-refractivity contribution in [2.24, 2.45) is 11.7 Å². The van der Waals surface area contributed by atoms with Crippen LogP contribution >= 0.6 is 11.8 Å². The normalized spacial score (nSPS) is 12.3. The van der Waals surface area contributed by atoms with Crippen molar-refractivity contribution < 1.29 is 14.0 Å². The highest BCUT2D eigenvalue weighted by molar-refractivity contribution is 8.00. The van der Waals surface area contributed by atoms with Gasteiger partial charge in [-0.25, -0.2) is 0 Å². The van der Waals surface area contributed by atoms with E-state index in [1.54, 1.807) is 12.3 Å². The molecule has 0 aliphatic heterocycles. The Kier molecular flexibility index (Phi) is 7.90. The number of rotatable bonds is 11. The molecule has 2 heterocycles. The first-order valence-corrected chi connectivity index (χ1v) is 9.92. The quantitative estimate of drug-likeness (QED) is 0.564. The summed E-state index contributed by atoms with van der Waals surface area (Å²) < 4.78 is 7.28. The maximum atomic E-state index is 12.3. The fourth-order valence-electron chi connectivity index (χ4n) is 2.38. The number of carbonyl (C=O) groups excluding carboxylic acids is 2. The molecule has 0 saturated heterocycles. The highest BCUT2D eigenvalue weighted by Crippen LogP contribution is 2.24. The minimum Gasteiger partial charge on any atom is -0.467 e. The molecule has 0 bridgehead atoms. The van der Waals surface area contributed by atoms with Crippen molar-refractivity contribution in [3.63, 3.8) is 0 Å². The number of thioether (sulfide) groups is 1. The second kappa shape index (κ2) is 10.1. The molecular weight excluding hydrogens is 366 g/mol. The number of aromatic nitrogens is 3. The van der Waals surface area contributed by atoms with Crippen molar-refractivity contribution in [3.05, 3.63) is 30.0 Å². The van der Waals surface area contributed by atoms with E-state index in [2.05, 4.69) is 29.4 Å². The number of nitrogens with two attached hydrogens (primary N) is 1. The summed E-state index contributed by atoms with van der Waals surface area (Å²) in [6.07, 6.45) is 3.11.